The fourth-order valence-electron chi connectivity index (χ4n) is 3.32. The Kier molecular flexibility index (Phi) is 2.06. The molecule has 3 nitrogen and oxygen atoms in total. The highest BCUT2D eigenvalue weighted by Crippen LogP contribution is 2.41. The molecular formula is C12H20N2O. The first-order valence-electron chi connectivity index (χ1n) is 6.30. The fraction of sp³-hybridized carbons (Fsp3) is 0.917. The van der Waals surface area contributed by atoms with E-state index in [1.807, 2.05) is 0 Å². The molecule has 1 aliphatic heterocycles. The normalized spacial score (nSPS) is 40.3. The maximum absolute atomic E-state index is 12.1. The Hall–Kier alpha value is -0.570. The van der Waals surface area contributed by atoms with Gasteiger partial charge < -0.3 is 10.6 Å². The summed E-state index contributed by atoms with van der Waals surface area (Å²) in [5.41, 5.74) is 6.38. The number of nitrogens with zero attached hydrogens (tertiary/aromatic N) is 1. The average Bonchev–Trinajstić information content (AvgIpc) is 3.00. The lowest BCUT2D eigenvalue weighted by molar-refractivity contribution is -0.134. The minimum absolute atomic E-state index is 0.0389. The van der Waals surface area contributed by atoms with Gasteiger partial charge in [0.1, 0.15) is 0 Å². The Morgan fingerprint density at radius 1 is 1.20 bits per heavy atom. The van der Waals surface area contributed by atoms with Crippen molar-refractivity contribution in [1.82, 2.24) is 4.90 Å². The lowest BCUT2D eigenvalue weighted by atomic mass is 9.78. The Labute approximate surface area is 91.0 Å². The first-order chi connectivity index (χ1) is 7.21. The highest BCUT2D eigenvalue weighted by atomic mass is 16.2. The molecule has 0 aromatic carbocycles. The van der Waals surface area contributed by atoms with E-state index in [9.17, 15) is 4.79 Å². The third kappa shape index (κ3) is 1.48. The van der Waals surface area contributed by atoms with Crippen molar-refractivity contribution in [3.8, 4) is 0 Å². The molecule has 84 valence electrons. The van der Waals surface area contributed by atoms with E-state index in [2.05, 4.69) is 4.90 Å². The molecule has 15 heavy (non-hydrogen) atoms. The van der Waals surface area contributed by atoms with Crippen molar-refractivity contribution >= 4 is 5.91 Å². The molecule has 2 N–H and O–H groups in total. The zero-order valence-electron chi connectivity index (χ0n) is 9.24. The van der Waals surface area contributed by atoms with Gasteiger partial charge in [0.25, 0.3) is 0 Å². The molecule has 1 amide bonds. The second kappa shape index (κ2) is 3.21. The van der Waals surface area contributed by atoms with Crippen molar-refractivity contribution in [3.05, 3.63) is 0 Å². The van der Waals surface area contributed by atoms with Gasteiger partial charge in [-0.1, -0.05) is 12.8 Å². The summed E-state index contributed by atoms with van der Waals surface area (Å²) in [6.45, 7) is 0.913. The van der Waals surface area contributed by atoms with Crippen LogP contribution in [0.5, 0.6) is 0 Å². The highest BCUT2D eigenvalue weighted by Gasteiger charge is 2.49. The molecule has 2 aliphatic carbocycles. The predicted molar refractivity (Wildman–Crippen MR) is 58.2 cm³/mol. The van der Waals surface area contributed by atoms with Crippen LogP contribution in [0.2, 0.25) is 0 Å². The van der Waals surface area contributed by atoms with Gasteiger partial charge in [-0.3, -0.25) is 4.79 Å². The molecule has 0 radical (unpaired) electrons. The van der Waals surface area contributed by atoms with E-state index in [1.54, 1.807) is 0 Å². The van der Waals surface area contributed by atoms with E-state index in [4.69, 9.17) is 5.73 Å². The molecule has 0 bridgehead atoms. The number of hydrogen-bond donors (Lipinski definition) is 1. The van der Waals surface area contributed by atoms with Crippen LogP contribution in [0.4, 0.5) is 0 Å². The second-order valence-electron chi connectivity index (χ2n) is 5.55. The van der Waals surface area contributed by atoms with Crippen molar-refractivity contribution in [2.24, 2.45) is 11.7 Å². The molecular weight excluding hydrogens is 188 g/mol. The number of likely N-dealkylation sites (tertiary alicyclic amines) is 1. The number of fused-ring (bicyclic) bond motifs is 1. The van der Waals surface area contributed by atoms with E-state index in [0.717, 1.165) is 38.6 Å². The van der Waals surface area contributed by atoms with Crippen molar-refractivity contribution in [2.45, 2.75) is 56.5 Å². The van der Waals surface area contributed by atoms with Gasteiger partial charge in [-0.25, -0.2) is 0 Å². The number of nitrogens with two attached hydrogens (primary N) is 1. The quantitative estimate of drug-likeness (QED) is 0.705. The predicted octanol–water partition coefficient (Wildman–Crippen LogP) is 1.27. The van der Waals surface area contributed by atoms with Gasteiger partial charge in [-0.2, -0.15) is 0 Å². The van der Waals surface area contributed by atoms with Gasteiger partial charge >= 0.3 is 0 Å². The number of hydrogen-bond acceptors (Lipinski definition) is 2. The van der Waals surface area contributed by atoms with Crippen LogP contribution in [-0.4, -0.2) is 28.9 Å². The minimum atomic E-state index is -0.0389. The van der Waals surface area contributed by atoms with Gasteiger partial charge in [0, 0.05) is 24.0 Å². The zero-order valence-corrected chi connectivity index (χ0v) is 9.24. The first kappa shape index (κ1) is 9.64. The summed E-state index contributed by atoms with van der Waals surface area (Å²) in [6, 6.07) is 0.361. The third-order valence-electron chi connectivity index (χ3n) is 4.44. The second-order valence-corrected chi connectivity index (χ2v) is 5.55. The number of rotatable bonds is 1. The van der Waals surface area contributed by atoms with E-state index in [1.165, 1.54) is 12.8 Å². The van der Waals surface area contributed by atoms with E-state index < -0.39 is 0 Å². The standard InChI is InChI=1S/C12H20N2O/c13-12-6-2-1-3-10(12)14(8-7-12)11(15)9-4-5-9/h9-10H,1-8,13H2. The fourth-order valence-corrected chi connectivity index (χ4v) is 3.32. The van der Waals surface area contributed by atoms with E-state index >= 15 is 0 Å². The molecule has 0 aromatic rings. The summed E-state index contributed by atoms with van der Waals surface area (Å²) >= 11 is 0. The van der Waals surface area contributed by atoms with Crippen molar-refractivity contribution in [1.29, 1.82) is 0 Å². The lowest BCUT2D eigenvalue weighted by Gasteiger charge is -2.39. The van der Waals surface area contributed by atoms with Crippen LogP contribution in [0.25, 0.3) is 0 Å². The maximum atomic E-state index is 12.1. The van der Waals surface area contributed by atoms with Crippen molar-refractivity contribution in [3.63, 3.8) is 0 Å². The number of carbonyl (C=O) groups is 1. The van der Waals surface area contributed by atoms with E-state index in [0.29, 0.717) is 17.9 Å². The average molecular weight is 208 g/mol. The summed E-state index contributed by atoms with van der Waals surface area (Å²) in [7, 11) is 0. The van der Waals surface area contributed by atoms with Gasteiger partial charge in [0.15, 0.2) is 0 Å². The Morgan fingerprint density at radius 2 is 2.00 bits per heavy atom. The van der Waals surface area contributed by atoms with Gasteiger partial charge in [0.05, 0.1) is 0 Å². The Bertz CT molecular complexity index is 287. The summed E-state index contributed by atoms with van der Waals surface area (Å²) < 4.78 is 0. The molecule has 3 heteroatoms. The van der Waals surface area contributed by atoms with Crippen LogP contribution < -0.4 is 5.73 Å². The van der Waals surface area contributed by atoms with Crippen LogP contribution in [0.3, 0.4) is 0 Å². The summed E-state index contributed by atoms with van der Waals surface area (Å²) in [6.07, 6.45) is 7.99. The van der Waals surface area contributed by atoms with Crippen LogP contribution in [0.15, 0.2) is 0 Å². The van der Waals surface area contributed by atoms with Crippen LogP contribution >= 0.6 is 0 Å². The van der Waals surface area contributed by atoms with Gasteiger partial charge in [0.2, 0.25) is 5.91 Å². The molecule has 3 rings (SSSR count). The molecule has 0 spiro atoms. The summed E-state index contributed by atoms with van der Waals surface area (Å²) in [4.78, 5) is 14.2. The number of amides is 1. The molecule has 1 heterocycles. The molecule has 2 atom stereocenters. The highest BCUT2D eigenvalue weighted by molar-refractivity contribution is 5.81. The monoisotopic (exact) mass is 208 g/mol. The minimum Gasteiger partial charge on any atom is -0.338 e. The van der Waals surface area contributed by atoms with Crippen LogP contribution in [-0.2, 0) is 4.79 Å². The topological polar surface area (TPSA) is 46.3 Å². The van der Waals surface area contributed by atoms with Crippen molar-refractivity contribution in [2.75, 3.05) is 6.54 Å². The molecule has 2 unspecified atom stereocenters. The van der Waals surface area contributed by atoms with E-state index in [-0.39, 0.29) is 5.54 Å². The lowest BCUT2D eigenvalue weighted by Crippen LogP contribution is -2.54. The molecule has 3 aliphatic rings. The maximum Gasteiger partial charge on any atom is 0.225 e. The third-order valence-corrected chi connectivity index (χ3v) is 4.44. The zero-order chi connectivity index (χ0) is 10.5. The van der Waals surface area contributed by atoms with Crippen molar-refractivity contribution < 1.29 is 4.79 Å². The molecule has 0 aromatic heterocycles. The summed E-state index contributed by atoms with van der Waals surface area (Å²) in [5.74, 6) is 0.753. The summed E-state index contributed by atoms with van der Waals surface area (Å²) in [5, 5.41) is 0. The molecule has 3 fully saturated rings. The Morgan fingerprint density at radius 3 is 2.73 bits per heavy atom. The Balaban J connectivity index is 1.77. The van der Waals surface area contributed by atoms with Gasteiger partial charge in [-0.05, 0) is 32.1 Å². The smallest absolute Gasteiger partial charge is 0.225 e. The van der Waals surface area contributed by atoms with Crippen LogP contribution in [0.1, 0.15) is 44.9 Å². The first-order valence-corrected chi connectivity index (χ1v) is 6.30. The SMILES string of the molecule is NC12CCCCC1N(C(=O)C1CC1)CC2. The number of carbonyl (C=O) groups excluding carboxylic acids is 1. The van der Waals surface area contributed by atoms with Crippen LogP contribution in [0, 0.1) is 5.92 Å². The van der Waals surface area contributed by atoms with Gasteiger partial charge in [-0.15, -0.1) is 0 Å². The molecule has 2 saturated carbocycles. The largest absolute Gasteiger partial charge is 0.338 e. The molecule has 1 saturated heterocycles.